The number of halogens is 2. The van der Waals surface area contributed by atoms with E-state index in [1.54, 1.807) is 0 Å². The molecule has 2 aromatic rings. The molecule has 1 saturated heterocycles. The van der Waals surface area contributed by atoms with Crippen LogP contribution < -0.4 is 4.90 Å². The number of hydrogen-bond donors (Lipinski definition) is 0. The van der Waals surface area contributed by atoms with E-state index in [1.165, 1.54) is 53.3 Å². The van der Waals surface area contributed by atoms with E-state index in [-0.39, 0.29) is 5.91 Å². The van der Waals surface area contributed by atoms with Crippen LogP contribution in [0.1, 0.15) is 0 Å². The first-order chi connectivity index (χ1) is 11.5. The summed E-state index contributed by atoms with van der Waals surface area (Å²) < 4.78 is 25.1. The molecular formula is C14H8F2N4OS3. The second kappa shape index (κ2) is 8.65. The molecule has 0 atom stereocenters. The fourth-order valence-corrected chi connectivity index (χ4v) is 2.79. The number of rotatable bonds is 2. The molecule has 2 aromatic heterocycles. The van der Waals surface area contributed by atoms with Crippen LogP contribution >= 0.6 is 36.2 Å². The molecule has 122 valence electrons. The molecule has 1 aliphatic rings. The number of thiocarbonyl (C=S) groups is 2. The van der Waals surface area contributed by atoms with Gasteiger partial charge in [0.1, 0.15) is 4.32 Å². The zero-order valence-corrected chi connectivity index (χ0v) is 14.3. The predicted octanol–water partition coefficient (Wildman–Crippen LogP) is 3.54. The Labute approximate surface area is 150 Å². The predicted molar refractivity (Wildman–Crippen MR) is 95.6 cm³/mol. The third-order valence-corrected chi connectivity index (χ3v) is 4.06. The van der Waals surface area contributed by atoms with E-state index in [0.29, 0.717) is 21.4 Å². The van der Waals surface area contributed by atoms with Gasteiger partial charge in [-0.3, -0.25) is 9.69 Å². The quantitative estimate of drug-likeness (QED) is 0.450. The van der Waals surface area contributed by atoms with Gasteiger partial charge in [-0.15, -0.1) is 0 Å². The lowest BCUT2D eigenvalue weighted by molar-refractivity contribution is -0.115. The molecule has 0 aromatic carbocycles. The largest absolute Gasteiger partial charge is 0.273 e. The second-order valence-electron chi connectivity index (χ2n) is 4.17. The van der Waals surface area contributed by atoms with Gasteiger partial charge in [0.15, 0.2) is 0 Å². The minimum Gasteiger partial charge on any atom is -0.273 e. The van der Waals surface area contributed by atoms with Crippen molar-refractivity contribution in [1.29, 1.82) is 0 Å². The minimum atomic E-state index is -0.570. The number of pyridine rings is 2. The number of carbonyl (C=O) groups is 1. The Kier molecular flexibility index (Phi) is 6.56. The van der Waals surface area contributed by atoms with Gasteiger partial charge in [0.25, 0.3) is 0 Å². The van der Waals surface area contributed by atoms with Crippen LogP contribution in [0.25, 0.3) is 0 Å². The summed E-state index contributed by atoms with van der Waals surface area (Å²) in [6.45, 7) is 0. The van der Waals surface area contributed by atoms with E-state index in [0.717, 1.165) is 0 Å². The van der Waals surface area contributed by atoms with Crippen molar-refractivity contribution in [3.05, 3.63) is 48.6 Å². The van der Waals surface area contributed by atoms with Crippen LogP contribution in [0.15, 0.2) is 41.7 Å². The first kappa shape index (κ1) is 18.2. The van der Waals surface area contributed by atoms with E-state index in [9.17, 15) is 13.6 Å². The highest BCUT2D eigenvalue weighted by Crippen LogP contribution is 2.25. The van der Waals surface area contributed by atoms with Gasteiger partial charge in [-0.1, -0.05) is 24.0 Å². The van der Waals surface area contributed by atoms with Gasteiger partial charge in [0.2, 0.25) is 17.8 Å². The molecule has 10 heteroatoms. The Morgan fingerprint density at radius 2 is 1.83 bits per heavy atom. The molecule has 5 nitrogen and oxygen atoms in total. The van der Waals surface area contributed by atoms with E-state index in [4.69, 9.17) is 12.2 Å². The number of isothiocyanates is 1. The van der Waals surface area contributed by atoms with Crippen molar-refractivity contribution in [3.8, 4) is 0 Å². The van der Waals surface area contributed by atoms with Gasteiger partial charge in [0, 0.05) is 0 Å². The summed E-state index contributed by atoms with van der Waals surface area (Å²) in [7, 11) is 0. The van der Waals surface area contributed by atoms with Gasteiger partial charge in [0.05, 0.1) is 34.7 Å². The molecule has 3 heterocycles. The average Bonchev–Trinajstić information content (AvgIpc) is 2.90. The molecule has 1 aliphatic heterocycles. The van der Waals surface area contributed by atoms with Crippen LogP contribution in [0.4, 0.5) is 20.2 Å². The van der Waals surface area contributed by atoms with Crippen molar-refractivity contribution < 1.29 is 13.6 Å². The van der Waals surface area contributed by atoms with Crippen molar-refractivity contribution in [3.63, 3.8) is 0 Å². The molecule has 0 spiro atoms. The molecule has 24 heavy (non-hydrogen) atoms. The summed E-state index contributed by atoms with van der Waals surface area (Å²) in [6.07, 6.45) is 2.58. The van der Waals surface area contributed by atoms with E-state index in [1.807, 2.05) is 0 Å². The van der Waals surface area contributed by atoms with Crippen LogP contribution in [0.3, 0.4) is 0 Å². The highest BCUT2D eigenvalue weighted by molar-refractivity contribution is 8.24. The number of aromatic nitrogens is 2. The van der Waals surface area contributed by atoms with Crippen molar-refractivity contribution in [2.24, 2.45) is 4.99 Å². The molecule has 1 amide bonds. The molecular weight excluding hydrogens is 374 g/mol. The van der Waals surface area contributed by atoms with Crippen molar-refractivity contribution in [2.45, 2.75) is 0 Å². The summed E-state index contributed by atoms with van der Waals surface area (Å²) >= 11 is 10.6. The molecule has 0 saturated carbocycles. The topological polar surface area (TPSA) is 58.5 Å². The normalized spacial score (nSPS) is 13.2. The first-order valence-electron chi connectivity index (χ1n) is 6.32. The summed E-state index contributed by atoms with van der Waals surface area (Å²) in [6, 6.07) is 5.37. The number of thioether (sulfide) groups is 1. The zero-order valence-electron chi connectivity index (χ0n) is 11.8. The highest BCUT2D eigenvalue weighted by Gasteiger charge is 2.28. The molecule has 0 aliphatic carbocycles. The SMILES string of the molecule is Fc1ccc(N=C=S)cn1.O=C1CSC(=S)N1c1ccc(F)nc1. The van der Waals surface area contributed by atoms with Crippen molar-refractivity contribution in [2.75, 3.05) is 10.7 Å². The van der Waals surface area contributed by atoms with Crippen molar-refractivity contribution >= 4 is 63.0 Å². The maximum Gasteiger partial charge on any atom is 0.243 e. The summed E-state index contributed by atoms with van der Waals surface area (Å²) in [5.74, 6) is -0.841. The highest BCUT2D eigenvalue weighted by atomic mass is 32.2. The molecule has 3 rings (SSSR count). The van der Waals surface area contributed by atoms with Crippen LogP contribution in [0, 0.1) is 11.9 Å². The Balaban J connectivity index is 0.000000185. The smallest absolute Gasteiger partial charge is 0.243 e. The number of hydrogen-bond acceptors (Lipinski definition) is 7. The second-order valence-corrected chi connectivity index (χ2v) is 5.96. The summed E-state index contributed by atoms with van der Waals surface area (Å²) in [4.78, 5) is 23.1. The minimum absolute atomic E-state index is 0.0894. The maximum absolute atomic E-state index is 12.5. The fourth-order valence-electron chi connectivity index (χ4n) is 1.59. The zero-order chi connectivity index (χ0) is 17.5. The van der Waals surface area contributed by atoms with Crippen LogP contribution in [0.5, 0.6) is 0 Å². The fraction of sp³-hybridized carbons (Fsp3) is 0.0714. The van der Waals surface area contributed by atoms with E-state index in [2.05, 4.69) is 32.3 Å². The molecule has 0 bridgehead atoms. The molecule has 1 fully saturated rings. The molecule has 0 radical (unpaired) electrons. The van der Waals surface area contributed by atoms with Gasteiger partial charge in [-0.05, 0) is 36.5 Å². The lowest BCUT2D eigenvalue weighted by atomic mass is 10.4. The van der Waals surface area contributed by atoms with Crippen molar-refractivity contribution in [1.82, 2.24) is 9.97 Å². The Bertz CT molecular complexity index is 777. The number of nitrogens with zero attached hydrogens (tertiary/aromatic N) is 4. The maximum atomic E-state index is 12.5. The summed E-state index contributed by atoms with van der Waals surface area (Å²) in [5, 5.41) is 2.15. The summed E-state index contributed by atoms with van der Waals surface area (Å²) in [5.41, 5.74) is 1.03. The number of carbonyl (C=O) groups excluding carboxylic acids is 1. The van der Waals surface area contributed by atoms with Gasteiger partial charge < -0.3 is 0 Å². The van der Waals surface area contributed by atoms with Crippen LogP contribution in [0.2, 0.25) is 0 Å². The lowest BCUT2D eigenvalue weighted by Crippen LogP contribution is -2.27. The van der Waals surface area contributed by atoms with Gasteiger partial charge >= 0.3 is 0 Å². The number of amides is 1. The molecule has 0 N–H and O–H groups in total. The first-order valence-corrected chi connectivity index (χ1v) is 8.12. The van der Waals surface area contributed by atoms with Gasteiger partial charge in [-0.2, -0.15) is 13.8 Å². The van der Waals surface area contributed by atoms with Gasteiger partial charge in [-0.25, -0.2) is 9.97 Å². The Morgan fingerprint density at radius 1 is 1.17 bits per heavy atom. The lowest BCUT2D eigenvalue weighted by Gasteiger charge is -2.13. The third-order valence-electron chi connectivity index (χ3n) is 2.61. The Morgan fingerprint density at radius 3 is 2.29 bits per heavy atom. The van der Waals surface area contributed by atoms with E-state index < -0.39 is 11.9 Å². The van der Waals surface area contributed by atoms with Crippen LogP contribution in [-0.2, 0) is 4.79 Å². The Hall–Kier alpha value is -2.13. The van der Waals surface area contributed by atoms with E-state index >= 15 is 0 Å². The number of anilines is 1. The molecule has 0 unspecified atom stereocenters. The monoisotopic (exact) mass is 382 g/mol. The average molecular weight is 382 g/mol. The standard InChI is InChI=1S/C8H5FN2OS2.C6H3FN2S/c9-6-2-1-5(3-10-6)11-7(12)4-14-8(11)13;7-6-2-1-5(3-8-6)9-4-10/h1-3H,4H2;1-3H. The number of aliphatic imine (C=N–C) groups is 1. The van der Waals surface area contributed by atoms with Crippen LogP contribution in [-0.4, -0.2) is 31.1 Å². The third kappa shape index (κ3) is 4.93.